The molecule has 10 heteroatoms. The third-order valence-corrected chi connectivity index (χ3v) is 8.47. The molecule has 1 N–H and O–H groups in total. The van der Waals surface area contributed by atoms with Gasteiger partial charge in [-0.3, -0.25) is 4.79 Å². The highest BCUT2D eigenvalue weighted by molar-refractivity contribution is 7.90. The quantitative estimate of drug-likeness (QED) is 0.603. The molecule has 3 aliphatic rings. The molecular formula is C26H35N5O4S. The first-order valence-electron chi connectivity index (χ1n) is 12.8. The van der Waals surface area contributed by atoms with E-state index in [-0.39, 0.29) is 17.8 Å². The number of morpholine rings is 1. The van der Waals surface area contributed by atoms with E-state index in [4.69, 9.17) is 9.72 Å². The van der Waals surface area contributed by atoms with Gasteiger partial charge in [-0.2, -0.15) is 0 Å². The molecule has 1 aliphatic carbocycles. The average molecular weight is 514 g/mol. The van der Waals surface area contributed by atoms with Crippen molar-refractivity contribution in [3.05, 3.63) is 41.6 Å². The first-order chi connectivity index (χ1) is 17.2. The van der Waals surface area contributed by atoms with Crippen molar-refractivity contribution in [3.8, 4) is 0 Å². The van der Waals surface area contributed by atoms with Crippen LogP contribution in [0.25, 0.3) is 0 Å². The van der Waals surface area contributed by atoms with Crippen molar-refractivity contribution in [2.45, 2.75) is 45.1 Å². The summed E-state index contributed by atoms with van der Waals surface area (Å²) in [6.07, 6.45) is 6.48. The average Bonchev–Trinajstić information content (AvgIpc) is 3.61. The Hall–Kier alpha value is -2.72. The van der Waals surface area contributed by atoms with E-state index in [0.717, 1.165) is 44.8 Å². The number of nitrogens with zero attached hydrogens (tertiary/aromatic N) is 4. The molecule has 4 heterocycles. The summed E-state index contributed by atoms with van der Waals surface area (Å²) < 4.78 is 29.0. The summed E-state index contributed by atoms with van der Waals surface area (Å²) in [5.74, 6) is 1.69. The minimum atomic E-state index is -3.10. The van der Waals surface area contributed by atoms with Crippen LogP contribution in [0.3, 0.4) is 0 Å². The van der Waals surface area contributed by atoms with Crippen molar-refractivity contribution in [1.29, 1.82) is 0 Å². The zero-order valence-electron chi connectivity index (χ0n) is 21.1. The third-order valence-electron chi connectivity index (χ3n) is 7.53. The molecule has 2 aromatic heterocycles. The molecule has 0 aromatic carbocycles. The number of nitrogens with one attached hydrogen (secondary N) is 1. The van der Waals surface area contributed by atoms with E-state index in [1.165, 1.54) is 19.1 Å². The van der Waals surface area contributed by atoms with Gasteiger partial charge in [0.1, 0.15) is 27.3 Å². The van der Waals surface area contributed by atoms with Gasteiger partial charge < -0.3 is 19.9 Å². The van der Waals surface area contributed by atoms with Crippen LogP contribution in [0.5, 0.6) is 0 Å². The molecule has 194 valence electrons. The molecule has 1 atom stereocenters. The first-order valence-corrected chi connectivity index (χ1v) is 14.8. The molecule has 5 rings (SSSR count). The van der Waals surface area contributed by atoms with Crippen molar-refractivity contribution < 1.29 is 17.9 Å². The molecule has 0 bridgehead atoms. The van der Waals surface area contributed by atoms with Gasteiger partial charge in [0.15, 0.2) is 0 Å². The lowest BCUT2D eigenvalue weighted by Crippen LogP contribution is -2.41. The van der Waals surface area contributed by atoms with Crippen LogP contribution in [0.2, 0.25) is 0 Å². The largest absolute Gasteiger partial charge is 0.375 e. The molecular weight excluding hydrogens is 478 g/mol. The lowest BCUT2D eigenvalue weighted by molar-refractivity contribution is 0.0529. The zero-order chi connectivity index (χ0) is 25.3. The molecule has 9 nitrogen and oxygen atoms in total. The Morgan fingerprint density at radius 1 is 1.08 bits per heavy atom. The Morgan fingerprint density at radius 3 is 2.56 bits per heavy atom. The van der Waals surface area contributed by atoms with Crippen molar-refractivity contribution >= 4 is 33.2 Å². The van der Waals surface area contributed by atoms with Gasteiger partial charge in [0.2, 0.25) is 0 Å². The summed E-state index contributed by atoms with van der Waals surface area (Å²) in [5.41, 5.74) is 1.66. The van der Waals surface area contributed by atoms with Crippen LogP contribution < -0.4 is 15.1 Å². The molecule has 0 radical (unpaired) electrons. The molecule has 3 fully saturated rings. The van der Waals surface area contributed by atoms with Gasteiger partial charge in [-0.15, -0.1) is 0 Å². The van der Waals surface area contributed by atoms with Gasteiger partial charge in [-0.25, -0.2) is 18.4 Å². The fourth-order valence-electron chi connectivity index (χ4n) is 5.08. The molecule has 1 amide bonds. The fraction of sp³-hybridized carbons (Fsp3) is 0.577. The standard InChI is InChI=1S/C26H35N5O4S/c1-19-18-31(15-16-35-19)23-5-3-4-22(28-23)29-25(32)21-7-6-20(8-17-36(2,33)34)27-24(21)30-13-11-26(9-10-26)12-14-30/h3-7,19H,8-18H2,1-2H3,(H,28,29,32)/t19-/m1/s1. The molecule has 0 unspecified atom stereocenters. The molecule has 2 aliphatic heterocycles. The van der Waals surface area contributed by atoms with Crippen LogP contribution in [0.15, 0.2) is 30.3 Å². The molecule has 36 heavy (non-hydrogen) atoms. The van der Waals surface area contributed by atoms with E-state index in [2.05, 4.69) is 20.1 Å². The van der Waals surface area contributed by atoms with Gasteiger partial charge >= 0.3 is 0 Å². The summed E-state index contributed by atoms with van der Waals surface area (Å²) in [6.45, 7) is 5.91. The number of aryl methyl sites for hydroxylation is 1. The maximum atomic E-state index is 13.4. The van der Waals surface area contributed by atoms with E-state index >= 15 is 0 Å². The van der Waals surface area contributed by atoms with E-state index < -0.39 is 9.84 Å². The number of ether oxygens (including phenoxy) is 1. The van der Waals surface area contributed by atoms with Crippen LogP contribution in [0.4, 0.5) is 17.5 Å². The summed E-state index contributed by atoms with van der Waals surface area (Å²) in [4.78, 5) is 27.2. The van der Waals surface area contributed by atoms with Gasteiger partial charge in [-0.1, -0.05) is 6.07 Å². The Bertz CT molecular complexity index is 1220. The monoisotopic (exact) mass is 513 g/mol. The Kier molecular flexibility index (Phi) is 6.91. The highest BCUT2D eigenvalue weighted by Gasteiger charge is 2.45. The summed E-state index contributed by atoms with van der Waals surface area (Å²) >= 11 is 0. The van der Waals surface area contributed by atoms with Crippen LogP contribution in [0.1, 0.15) is 48.7 Å². The van der Waals surface area contributed by atoms with Gasteiger partial charge in [0.25, 0.3) is 5.91 Å². The second kappa shape index (κ2) is 9.97. The van der Waals surface area contributed by atoms with Gasteiger partial charge in [0, 0.05) is 44.5 Å². The normalized spacial score (nSPS) is 21.4. The Labute approximate surface area is 213 Å². The summed E-state index contributed by atoms with van der Waals surface area (Å²) in [7, 11) is -3.10. The van der Waals surface area contributed by atoms with Crippen LogP contribution in [-0.2, 0) is 21.0 Å². The number of anilines is 3. The Balaban J connectivity index is 1.36. The predicted octanol–water partition coefficient (Wildman–Crippen LogP) is 2.92. The number of aromatic nitrogens is 2. The number of hydrogen-bond acceptors (Lipinski definition) is 8. The minimum absolute atomic E-state index is 0.0327. The molecule has 1 spiro atoms. The number of amides is 1. The van der Waals surface area contributed by atoms with E-state index in [9.17, 15) is 13.2 Å². The van der Waals surface area contributed by atoms with E-state index in [1.807, 2.05) is 19.1 Å². The number of piperidine rings is 1. The number of carbonyl (C=O) groups excluding carboxylic acids is 1. The summed E-state index contributed by atoms with van der Waals surface area (Å²) in [6, 6.07) is 9.15. The second-order valence-corrected chi connectivity index (χ2v) is 12.8. The van der Waals surface area contributed by atoms with Crippen molar-refractivity contribution in [2.24, 2.45) is 5.41 Å². The number of rotatable bonds is 7. The lowest BCUT2D eigenvalue weighted by atomic mass is 9.93. The Morgan fingerprint density at radius 2 is 1.86 bits per heavy atom. The van der Waals surface area contributed by atoms with Crippen molar-refractivity contribution in [1.82, 2.24) is 9.97 Å². The smallest absolute Gasteiger partial charge is 0.260 e. The topological polar surface area (TPSA) is 105 Å². The maximum Gasteiger partial charge on any atom is 0.260 e. The number of hydrogen-bond donors (Lipinski definition) is 1. The van der Waals surface area contributed by atoms with Gasteiger partial charge in [-0.05, 0) is 62.3 Å². The highest BCUT2D eigenvalue weighted by atomic mass is 32.2. The molecule has 2 saturated heterocycles. The van der Waals surface area contributed by atoms with Crippen LogP contribution >= 0.6 is 0 Å². The van der Waals surface area contributed by atoms with E-state index in [0.29, 0.717) is 41.3 Å². The SMILES string of the molecule is C[C@@H]1CN(c2cccc(NC(=O)c3ccc(CCS(C)(=O)=O)nc3N3CCC4(CC3)CC4)n2)CCO1. The predicted molar refractivity (Wildman–Crippen MR) is 141 cm³/mol. The van der Waals surface area contributed by atoms with Crippen LogP contribution in [-0.4, -0.2) is 75.2 Å². The molecule has 2 aromatic rings. The minimum Gasteiger partial charge on any atom is -0.375 e. The van der Waals surface area contributed by atoms with Crippen LogP contribution in [0, 0.1) is 5.41 Å². The number of carbonyl (C=O) groups is 1. The van der Waals surface area contributed by atoms with Crippen molar-refractivity contribution in [2.75, 3.05) is 59.9 Å². The fourth-order valence-corrected chi connectivity index (χ4v) is 5.66. The zero-order valence-corrected chi connectivity index (χ0v) is 21.9. The second-order valence-electron chi connectivity index (χ2n) is 10.5. The summed E-state index contributed by atoms with van der Waals surface area (Å²) in [5, 5.41) is 2.96. The lowest BCUT2D eigenvalue weighted by Gasteiger charge is -2.34. The third kappa shape index (κ3) is 5.98. The number of pyridine rings is 2. The molecule has 1 saturated carbocycles. The van der Waals surface area contributed by atoms with E-state index in [1.54, 1.807) is 18.2 Å². The first kappa shape index (κ1) is 25.0. The van der Waals surface area contributed by atoms with Gasteiger partial charge in [0.05, 0.1) is 24.0 Å². The number of sulfone groups is 1. The maximum absolute atomic E-state index is 13.4. The highest BCUT2D eigenvalue weighted by Crippen LogP contribution is 2.54. The van der Waals surface area contributed by atoms with Crippen molar-refractivity contribution in [3.63, 3.8) is 0 Å².